The van der Waals surface area contributed by atoms with Gasteiger partial charge >= 0.3 is 0 Å². The predicted molar refractivity (Wildman–Crippen MR) is 115 cm³/mol. The summed E-state index contributed by atoms with van der Waals surface area (Å²) in [6, 6.07) is 31.9. The van der Waals surface area contributed by atoms with E-state index in [0.717, 1.165) is 6.54 Å². The largest absolute Gasteiger partial charge is 0.360 e. The molecular weight excluding hydrogens is 342 g/mol. The number of rotatable bonds is 7. The molecule has 0 aliphatic carbocycles. The first-order valence-corrected chi connectivity index (χ1v) is 10.4. The highest BCUT2D eigenvalue weighted by Gasteiger charge is 2.37. The van der Waals surface area contributed by atoms with E-state index in [1.807, 2.05) is 0 Å². The molecule has 0 atom stereocenters. The highest BCUT2D eigenvalue weighted by atomic mass is 16.5. The molecule has 1 fully saturated rings. The van der Waals surface area contributed by atoms with E-state index >= 15 is 0 Å². The van der Waals surface area contributed by atoms with Crippen LogP contribution in [0.4, 0.5) is 0 Å². The first kappa shape index (κ1) is 18.9. The lowest BCUT2D eigenvalue weighted by atomic mass is 9.80. The number of hydrogen-bond donors (Lipinski definition) is 0. The number of likely N-dealkylation sites (tertiary alicyclic amines) is 1. The van der Waals surface area contributed by atoms with Crippen LogP contribution in [0.1, 0.15) is 36.0 Å². The average molecular weight is 372 g/mol. The van der Waals surface area contributed by atoms with Crippen molar-refractivity contribution in [1.82, 2.24) is 4.90 Å². The number of ether oxygens (including phenoxy) is 1. The minimum absolute atomic E-state index is 0.598. The molecule has 2 heteroatoms. The number of nitrogens with zero attached hydrogens (tertiary/aromatic N) is 1. The lowest BCUT2D eigenvalue weighted by Crippen LogP contribution is -2.38. The molecule has 0 radical (unpaired) electrons. The van der Waals surface area contributed by atoms with E-state index < -0.39 is 5.60 Å². The Balaban J connectivity index is 1.72. The summed E-state index contributed by atoms with van der Waals surface area (Å²) in [5.74, 6) is 0. The fourth-order valence-corrected chi connectivity index (χ4v) is 4.28. The second-order valence-electron chi connectivity index (χ2n) is 7.53. The summed E-state index contributed by atoms with van der Waals surface area (Å²) >= 11 is 0. The molecule has 0 bridgehead atoms. The van der Waals surface area contributed by atoms with E-state index in [-0.39, 0.29) is 0 Å². The molecule has 1 saturated heterocycles. The molecule has 0 N–H and O–H groups in total. The third kappa shape index (κ3) is 4.04. The van der Waals surface area contributed by atoms with E-state index in [4.69, 9.17) is 4.74 Å². The molecule has 28 heavy (non-hydrogen) atoms. The topological polar surface area (TPSA) is 12.5 Å². The smallest absolute Gasteiger partial charge is 0.143 e. The van der Waals surface area contributed by atoms with Crippen LogP contribution in [0.15, 0.2) is 91.0 Å². The lowest BCUT2D eigenvalue weighted by molar-refractivity contribution is -0.000978. The Bertz CT molecular complexity index is 729. The van der Waals surface area contributed by atoms with Crippen molar-refractivity contribution in [3.8, 4) is 0 Å². The Hall–Kier alpha value is -2.42. The van der Waals surface area contributed by atoms with Crippen LogP contribution in [0.3, 0.4) is 0 Å². The van der Waals surface area contributed by atoms with Crippen LogP contribution >= 0.6 is 0 Å². The third-order valence-electron chi connectivity index (χ3n) is 5.72. The Morgan fingerprint density at radius 2 is 1.04 bits per heavy atom. The van der Waals surface area contributed by atoms with Gasteiger partial charge in [0.25, 0.3) is 0 Å². The monoisotopic (exact) mass is 371 g/mol. The molecule has 1 aliphatic rings. The van der Waals surface area contributed by atoms with E-state index in [1.165, 1.54) is 49.0 Å². The molecule has 2 nitrogen and oxygen atoms in total. The van der Waals surface area contributed by atoms with Gasteiger partial charge < -0.3 is 9.64 Å². The van der Waals surface area contributed by atoms with Crippen molar-refractivity contribution < 1.29 is 4.74 Å². The van der Waals surface area contributed by atoms with Crippen LogP contribution in [-0.4, -0.2) is 31.1 Å². The van der Waals surface area contributed by atoms with Gasteiger partial charge in [-0.05, 0) is 42.6 Å². The molecule has 4 rings (SSSR count). The molecule has 0 amide bonds. The van der Waals surface area contributed by atoms with Gasteiger partial charge in [0.15, 0.2) is 0 Å². The highest BCUT2D eigenvalue weighted by molar-refractivity contribution is 5.47. The SMILES string of the molecule is c1ccc(C(OCCN2CCCCC2)(c2ccccc2)c2ccccc2)cc1. The first-order valence-electron chi connectivity index (χ1n) is 10.4. The van der Waals surface area contributed by atoms with Crippen LogP contribution < -0.4 is 0 Å². The van der Waals surface area contributed by atoms with Crippen molar-refractivity contribution in [3.05, 3.63) is 108 Å². The first-order chi connectivity index (χ1) is 13.9. The summed E-state index contributed by atoms with van der Waals surface area (Å²) in [7, 11) is 0. The summed E-state index contributed by atoms with van der Waals surface area (Å²) in [6.07, 6.45) is 3.97. The van der Waals surface area contributed by atoms with Gasteiger partial charge in [-0.1, -0.05) is 97.4 Å². The predicted octanol–water partition coefficient (Wildman–Crippen LogP) is 5.48. The lowest BCUT2D eigenvalue weighted by Gasteiger charge is -2.37. The molecule has 0 spiro atoms. The van der Waals surface area contributed by atoms with Crippen LogP contribution in [0.5, 0.6) is 0 Å². The van der Waals surface area contributed by atoms with Gasteiger partial charge in [0.2, 0.25) is 0 Å². The Labute approximate surface area is 168 Å². The second kappa shape index (κ2) is 9.18. The molecule has 0 saturated carbocycles. The average Bonchev–Trinajstić information content (AvgIpc) is 2.79. The zero-order valence-electron chi connectivity index (χ0n) is 16.5. The minimum Gasteiger partial charge on any atom is -0.360 e. The van der Waals surface area contributed by atoms with Gasteiger partial charge in [-0.3, -0.25) is 0 Å². The maximum atomic E-state index is 6.85. The van der Waals surface area contributed by atoms with Crippen LogP contribution in [0, 0.1) is 0 Å². The maximum Gasteiger partial charge on any atom is 0.143 e. The van der Waals surface area contributed by atoms with Crippen molar-refractivity contribution in [2.75, 3.05) is 26.2 Å². The summed E-state index contributed by atoms with van der Waals surface area (Å²) < 4.78 is 6.85. The van der Waals surface area contributed by atoms with Gasteiger partial charge in [0, 0.05) is 6.54 Å². The van der Waals surface area contributed by atoms with E-state index in [2.05, 4.69) is 95.9 Å². The number of piperidine rings is 1. The van der Waals surface area contributed by atoms with E-state index in [9.17, 15) is 0 Å². The Kier molecular flexibility index (Phi) is 6.20. The highest BCUT2D eigenvalue weighted by Crippen LogP contribution is 2.40. The third-order valence-corrected chi connectivity index (χ3v) is 5.72. The molecular formula is C26H29NO. The number of hydrogen-bond acceptors (Lipinski definition) is 2. The van der Waals surface area contributed by atoms with Crippen LogP contribution in [0.25, 0.3) is 0 Å². The quantitative estimate of drug-likeness (QED) is 0.510. The minimum atomic E-state index is -0.598. The van der Waals surface area contributed by atoms with Crippen molar-refractivity contribution in [1.29, 1.82) is 0 Å². The molecule has 0 aromatic heterocycles. The van der Waals surface area contributed by atoms with Crippen LogP contribution in [0.2, 0.25) is 0 Å². The maximum absolute atomic E-state index is 6.85. The van der Waals surface area contributed by atoms with E-state index in [0.29, 0.717) is 6.61 Å². The van der Waals surface area contributed by atoms with Gasteiger partial charge in [-0.25, -0.2) is 0 Å². The molecule has 1 aliphatic heterocycles. The van der Waals surface area contributed by atoms with Gasteiger partial charge in [-0.2, -0.15) is 0 Å². The van der Waals surface area contributed by atoms with Crippen molar-refractivity contribution in [3.63, 3.8) is 0 Å². The fourth-order valence-electron chi connectivity index (χ4n) is 4.28. The van der Waals surface area contributed by atoms with Crippen LogP contribution in [-0.2, 0) is 10.3 Å². The summed E-state index contributed by atoms with van der Waals surface area (Å²) in [6.45, 7) is 4.07. The van der Waals surface area contributed by atoms with Gasteiger partial charge in [0.1, 0.15) is 5.60 Å². The van der Waals surface area contributed by atoms with E-state index in [1.54, 1.807) is 0 Å². The number of benzene rings is 3. The zero-order valence-corrected chi connectivity index (χ0v) is 16.5. The second-order valence-corrected chi connectivity index (χ2v) is 7.53. The fraction of sp³-hybridized carbons (Fsp3) is 0.308. The summed E-state index contributed by atoms with van der Waals surface area (Å²) in [5.41, 5.74) is 2.92. The zero-order chi connectivity index (χ0) is 19.1. The molecule has 144 valence electrons. The summed E-state index contributed by atoms with van der Waals surface area (Å²) in [5, 5.41) is 0. The summed E-state index contributed by atoms with van der Waals surface area (Å²) in [4.78, 5) is 2.54. The molecule has 0 unspecified atom stereocenters. The standard InChI is InChI=1S/C26H29NO/c1-5-13-23(14-6-1)26(24-15-7-2-8-16-24,25-17-9-3-10-18-25)28-22-21-27-19-11-4-12-20-27/h1-3,5-10,13-18H,4,11-12,19-22H2. The Morgan fingerprint density at radius 1 is 0.607 bits per heavy atom. The van der Waals surface area contributed by atoms with Gasteiger partial charge in [0.05, 0.1) is 6.61 Å². The molecule has 3 aromatic carbocycles. The van der Waals surface area contributed by atoms with Gasteiger partial charge in [-0.15, -0.1) is 0 Å². The molecule has 1 heterocycles. The normalized spacial score (nSPS) is 15.4. The molecule has 3 aromatic rings. The van der Waals surface area contributed by atoms with Crippen molar-refractivity contribution in [2.45, 2.75) is 24.9 Å². The van der Waals surface area contributed by atoms with Crippen molar-refractivity contribution in [2.24, 2.45) is 0 Å². The van der Waals surface area contributed by atoms with Crippen molar-refractivity contribution >= 4 is 0 Å². The Morgan fingerprint density at radius 3 is 1.46 bits per heavy atom.